The van der Waals surface area contributed by atoms with E-state index in [0.717, 1.165) is 12.3 Å². The molecule has 2 amide bonds. The summed E-state index contributed by atoms with van der Waals surface area (Å²) in [5.41, 5.74) is 3.85. The number of amides is 2. The molecule has 7 unspecified atom stereocenters. The van der Waals surface area contributed by atoms with Gasteiger partial charge in [-0.3, -0.25) is 4.79 Å². The van der Waals surface area contributed by atoms with Crippen LogP contribution in [0.15, 0.2) is 47.1 Å². The summed E-state index contributed by atoms with van der Waals surface area (Å²) >= 11 is 0. The van der Waals surface area contributed by atoms with Crippen LogP contribution in [-0.2, 0) is 4.79 Å². The van der Waals surface area contributed by atoms with E-state index in [1.54, 1.807) is 16.5 Å². The van der Waals surface area contributed by atoms with Crippen LogP contribution in [0, 0.1) is 40.9 Å². The Labute approximate surface area is 205 Å². The quantitative estimate of drug-likeness (QED) is 0.478. The molecule has 0 heterocycles. The number of ketones is 1. The number of carbonyl (C=O) groups is 2. The summed E-state index contributed by atoms with van der Waals surface area (Å²) in [6.07, 6.45) is 16.3. The van der Waals surface area contributed by atoms with Crippen molar-refractivity contribution in [1.82, 2.24) is 9.80 Å². The Morgan fingerprint density at radius 1 is 1.00 bits per heavy atom. The number of hydrogen-bond acceptors (Lipinski definition) is 2. The summed E-state index contributed by atoms with van der Waals surface area (Å²) in [5.74, 6) is 3.55. The molecule has 5 aliphatic carbocycles. The van der Waals surface area contributed by atoms with E-state index in [4.69, 9.17) is 0 Å². The number of carbonyl (C=O) groups excluding carboxylic acids is 2. The Hall–Kier alpha value is -2.10. The predicted molar refractivity (Wildman–Crippen MR) is 137 cm³/mol. The number of hydrogen-bond donors (Lipinski definition) is 0. The van der Waals surface area contributed by atoms with E-state index in [0.29, 0.717) is 29.6 Å². The van der Waals surface area contributed by atoms with Gasteiger partial charge in [0, 0.05) is 32.6 Å². The van der Waals surface area contributed by atoms with E-state index < -0.39 is 0 Å². The smallest absolute Gasteiger partial charge is 0.319 e. The second-order valence-electron chi connectivity index (χ2n) is 12.6. The zero-order valence-corrected chi connectivity index (χ0v) is 22.1. The second-order valence-corrected chi connectivity index (χ2v) is 12.6. The van der Waals surface area contributed by atoms with Crippen molar-refractivity contribution in [2.24, 2.45) is 40.9 Å². The van der Waals surface area contributed by atoms with Crippen LogP contribution in [0.3, 0.4) is 0 Å². The number of rotatable bonds is 1. The number of urea groups is 1. The molecular formula is C30H42N2O2. The molecule has 3 saturated carbocycles. The molecule has 0 N–H and O–H groups in total. The Morgan fingerprint density at radius 2 is 1.74 bits per heavy atom. The van der Waals surface area contributed by atoms with Gasteiger partial charge in [0.25, 0.3) is 0 Å². The minimum Gasteiger partial charge on any atom is -0.331 e. The molecular weight excluding hydrogens is 420 g/mol. The van der Waals surface area contributed by atoms with Crippen molar-refractivity contribution in [2.45, 2.75) is 65.3 Å². The van der Waals surface area contributed by atoms with E-state index in [-0.39, 0.29) is 22.8 Å². The molecule has 0 aromatic carbocycles. The van der Waals surface area contributed by atoms with Gasteiger partial charge in [0.15, 0.2) is 5.78 Å². The maximum absolute atomic E-state index is 13.2. The van der Waals surface area contributed by atoms with Gasteiger partial charge in [0.2, 0.25) is 0 Å². The van der Waals surface area contributed by atoms with E-state index in [2.05, 4.69) is 44.7 Å². The summed E-state index contributed by atoms with van der Waals surface area (Å²) in [5, 5.41) is 0. The molecule has 4 heteroatoms. The Kier molecular flexibility index (Phi) is 5.53. The molecule has 0 aliphatic heterocycles. The van der Waals surface area contributed by atoms with Gasteiger partial charge in [0.1, 0.15) is 0 Å². The second kappa shape index (κ2) is 7.96. The van der Waals surface area contributed by atoms with Crippen molar-refractivity contribution in [3.05, 3.63) is 47.1 Å². The van der Waals surface area contributed by atoms with Crippen LogP contribution in [0.4, 0.5) is 4.79 Å². The molecule has 5 rings (SSSR count). The molecule has 4 nitrogen and oxygen atoms in total. The van der Waals surface area contributed by atoms with E-state index >= 15 is 0 Å². The van der Waals surface area contributed by atoms with E-state index in [1.165, 1.54) is 36.8 Å². The molecule has 3 fully saturated rings. The van der Waals surface area contributed by atoms with E-state index in [1.807, 2.05) is 33.3 Å². The molecule has 7 atom stereocenters. The molecule has 0 aromatic heterocycles. The first-order chi connectivity index (χ1) is 16.0. The van der Waals surface area contributed by atoms with Crippen LogP contribution in [0.5, 0.6) is 0 Å². The van der Waals surface area contributed by atoms with Crippen LogP contribution in [-0.4, -0.2) is 48.3 Å². The lowest BCUT2D eigenvalue weighted by atomic mass is 9.42. The molecule has 0 saturated heterocycles. The Morgan fingerprint density at radius 3 is 2.44 bits per heavy atom. The van der Waals surface area contributed by atoms with Gasteiger partial charge in [-0.25, -0.2) is 4.79 Å². The lowest BCUT2D eigenvalue weighted by molar-refractivity contribution is -0.148. The molecule has 34 heavy (non-hydrogen) atoms. The van der Waals surface area contributed by atoms with Crippen molar-refractivity contribution in [1.29, 1.82) is 0 Å². The van der Waals surface area contributed by atoms with Gasteiger partial charge in [0.05, 0.1) is 0 Å². The maximum atomic E-state index is 13.2. The van der Waals surface area contributed by atoms with Crippen molar-refractivity contribution in [3.8, 4) is 0 Å². The normalized spacial score (nSPS) is 40.0. The highest BCUT2D eigenvalue weighted by Crippen LogP contribution is 2.65. The van der Waals surface area contributed by atoms with Gasteiger partial charge in [-0.2, -0.15) is 0 Å². The monoisotopic (exact) mass is 462 g/mol. The fraction of sp³-hybridized carbons (Fsp3) is 0.667. The van der Waals surface area contributed by atoms with Crippen LogP contribution in [0.25, 0.3) is 0 Å². The maximum Gasteiger partial charge on any atom is 0.319 e. The molecule has 184 valence electrons. The highest BCUT2D eigenvalue weighted by molar-refractivity contribution is 6.02. The molecule has 5 aliphatic rings. The van der Waals surface area contributed by atoms with Crippen molar-refractivity contribution >= 4 is 11.8 Å². The minimum absolute atomic E-state index is 0.00492. The van der Waals surface area contributed by atoms with Crippen LogP contribution in [0.1, 0.15) is 59.8 Å². The summed E-state index contributed by atoms with van der Waals surface area (Å²) in [6.45, 7) is 9.63. The third-order valence-corrected chi connectivity index (χ3v) is 11.0. The highest BCUT2D eigenvalue weighted by atomic mass is 16.2. The third kappa shape index (κ3) is 3.16. The van der Waals surface area contributed by atoms with Gasteiger partial charge < -0.3 is 9.80 Å². The van der Waals surface area contributed by atoms with Crippen molar-refractivity contribution < 1.29 is 9.59 Å². The molecule has 0 spiro atoms. The topological polar surface area (TPSA) is 40.6 Å². The van der Waals surface area contributed by atoms with Gasteiger partial charge in [-0.15, -0.1) is 0 Å². The average Bonchev–Trinajstić information content (AvgIpc) is 2.80. The standard InChI is InChI=1S/C30H42N2O2/c1-18-16-20-10-13-23-22-12-9-19-8-11-21(33)17-26(19)24(22)14-15-25(23)27(20)29(2,3)30(18,4)32(7)28(34)31(5)6/h8-9,11-12,17-18,20,23-25,27H,10,13-16H2,1-7H3. The molecule has 0 bridgehead atoms. The fourth-order valence-corrected chi connectivity index (χ4v) is 9.04. The van der Waals surface area contributed by atoms with Crippen LogP contribution in [0.2, 0.25) is 0 Å². The van der Waals surface area contributed by atoms with Crippen LogP contribution < -0.4 is 0 Å². The van der Waals surface area contributed by atoms with Gasteiger partial charge >= 0.3 is 6.03 Å². The largest absolute Gasteiger partial charge is 0.331 e. The minimum atomic E-state index is -0.203. The number of allylic oxidation sites excluding steroid dienone is 8. The van der Waals surface area contributed by atoms with E-state index in [9.17, 15) is 9.59 Å². The zero-order valence-electron chi connectivity index (χ0n) is 22.1. The fourth-order valence-electron chi connectivity index (χ4n) is 9.04. The number of fused-ring (bicyclic) bond motifs is 7. The van der Waals surface area contributed by atoms with Crippen molar-refractivity contribution in [3.63, 3.8) is 0 Å². The first kappa shape index (κ1) is 23.6. The Balaban J connectivity index is 1.51. The van der Waals surface area contributed by atoms with Crippen LogP contribution >= 0.6 is 0 Å². The molecule has 0 radical (unpaired) electrons. The zero-order chi connectivity index (χ0) is 24.6. The Bertz CT molecular complexity index is 1030. The van der Waals surface area contributed by atoms with Crippen molar-refractivity contribution in [2.75, 3.05) is 21.1 Å². The van der Waals surface area contributed by atoms with Gasteiger partial charge in [-0.05, 0) is 97.3 Å². The molecule has 0 aromatic rings. The predicted octanol–water partition coefficient (Wildman–Crippen LogP) is 6.02. The third-order valence-electron chi connectivity index (χ3n) is 11.0. The lowest BCUT2D eigenvalue weighted by Crippen LogP contribution is -2.69. The lowest BCUT2D eigenvalue weighted by Gasteiger charge is -2.66. The summed E-state index contributed by atoms with van der Waals surface area (Å²) in [6, 6.07) is 0.103. The van der Waals surface area contributed by atoms with Gasteiger partial charge in [-0.1, -0.05) is 44.6 Å². The average molecular weight is 463 g/mol. The summed E-state index contributed by atoms with van der Waals surface area (Å²) in [4.78, 5) is 29.1. The first-order valence-corrected chi connectivity index (χ1v) is 13.3. The first-order valence-electron chi connectivity index (χ1n) is 13.3. The summed E-state index contributed by atoms with van der Waals surface area (Å²) in [7, 11) is 5.75. The summed E-state index contributed by atoms with van der Waals surface area (Å²) < 4.78 is 0. The SMILES string of the molecule is CC1CC2CCC3C4=CC=C5C=CC(=O)C=C5C4CCC3C2C(C)(C)C1(C)N(C)C(=O)N(C)C. The highest BCUT2D eigenvalue weighted by Gasteiger charge is 2.62. The number of nitrogens with zero attached hydrogens (tertiary/aromatic N) is 2.